The lowest BCUT2D eigenvalue weighted by Gasteiger charge is -2.25. The van der Waals surface area contributed by atoms with Crippen LogP contribution in [0.25, 0.3) is 0 Å². The molecule has 0 unspecified atom stereocenters. The number of rotatable bonds is 6. The molecule has 1 saturated carbocycles. The molecule has 1 aliphatic carbocycles. The zero-order chi connectivity index (χ0) is 13.0. The SMILES string of the molecule is CNc1ncnc(NCCC2CCC2)c1[N+](=O)[O-]. The van der Waals surface area contributed by atoms with Crippen LogP contribution in [0.15, 0.2) is 6.33 Å². The summed E-state index contributed by atoms with van der Waals surface area (Å²) in [6.07, 6.45) is 6.22. The third-order valence-electron chi connectivity index (χ3n) is 3.31. The maximum atomic E-state index is 11.0. The van der Waals surface area contributed by atoms with Gasteiger partial charge in [-0.1, -0.05) is 19.3 Å². The summed E-state index contributed by atoms with van der Waals surface area (Å²) < 4.78 is 0. The first-order valence-corrected chi connectivity index (χ1v) is 6.13. The summed E-state index contributed by atoms with van der Waals surface area (Å²) in [4.78, 5) is 18.3. The zero-order valence-electron chi connectivity index (χ0n) is 10.3. The Bertz CT molecular complexity index is 433. The van der Waals surface area contributed by atoms with Gasteiger partial charge in [-0.3, -0.25) is 10.1 Å². The molecule has 0 aromatic carbocycles. The second-order valence-corrected chi connectivity index (χ2v) is 4.44. The molecule has 0 saturated heterocycles. The Balaban J connectivity index is 2.03. The molecule has 18 heavy (non-hydrogen) atoms. The molecular formula is C11H17N5O2. The van der Waals surface area contributed by atoms with Crippen LogP contribution in [0.1, 0.15) is 25.7 Å². The Hall–Kier alpha value is -1.92. The third-order valence-corrected chi connectivity index (χ3v) is 3.31. The van der Waals surface area contributed by atoms with Gasteiger partial charge in [-0.2, -0.15) is 0 Å². The molecule has 2 rings (SSSR count). The van der Waals surface area contributed by atoms with E-state index in [2.05, 4.69) is 20.6 Å². The number of anilines is 2. The van der Waals surface area contributed by atoms with Gasteiger partial charge < -0.3 is 10.6 Å². The van der Waals surface area contributed by atoms with E-state index in [1.165, 1.54) is 25.6 Å². The highest BCUT2D eigenvalue weighted by Crippen LogP contribution is 2.31. The first kappa shape index (κ1) is 12.5. The van der Waals surface area contributed by atoms with E-state index < -0.39 is 4.92 Å². The molecule has 7 nitrogen and oxygen atoms in total. The first-order chi connectivity index (χ1) is 8.72. The fourth-order valence-corrected chi connectivity index (χ4v) is 2.04. The monoisotopic (exact) mass is 251 g/mol. The molecule has 7 heteroatoms. The molecule has 0 radical (unpaired) electrons. The van der Waals surface area contributed by atoms with Crippen LogP contribution in [0.5, 0.6) is 0 Å². The minimum absolute atomic E-state index is 0.0893. The van der Waals surface area contributed by atoms with Gasteiger partial charge in [0, 0.05) is 13.6 Å². The summed E-state index contributed by atoms with van der Waals surface area (Å²) >= 11 is 0. The molecule has 1 aliphatic rings. The largest absolute Gasteiger partial charge is 0.367 e. The van der Waals surface area contributed by atoms with Crippen molar-refractivity contribution in [1.29, 1.82) is 0 Å². The van der Waals surface area contributed by atoms with Crippen LogP contribution in [-0.2, 0) is 0 Å². The number of aromatic nitrogens is 2. The molecule has 0 aliphatic heterocycles. The van der Waals surface area contributed by atoms with Gasteiger partial charge in [0.2, 0.25) is 11.6 Å². The molecule has 0 amide bonds. The van der Waals surface area contributed by atoms with Crippen LogP contribution in [0.3, 0.4) is 0 Å². The van der Waals surface area contributed by atoms with Crippen molar-refractivity contribution in [1.82, 2.24) is 9.97 Å². The van der Waals surface area contributed by atoms with Gasteiger partial charge >= 0.3 is 5.69 Å². The van der Waals surface area contributed by atoms with E-state index in [4.69, 9.17) is 0 Å². The molecule has 98 valence electrons. The predicted molar refractivity (Wildman–Crippen MR) is 68.7 cm³/mol. The summed E-state index contributed by atoms with van der Waals surface area (Å²) in [5.41, 5.74) is -0.0893. The van der Waals surface area contributed by atoms with Gasteiger partial charge in [0.1, 0.15) is 6.33 Å². The highest BCUT2D eigenvalue weighted by atomic mass is 16.6. The fourth-order valence-electron chi connectivity index (χ4n) is 2.04. The number of nitrogens with zero attached hydrogens (tertiary/aromatic N) is 3. The van der Waals surface area contributed by atoms with Crippen molar-refractivity contribution in [3.8, 4) is 0 Å². The predicted octanol–water partition coefficient (Wildman–Crippen LogP) is 2.03. The molecule has 0 spiro atoms. The normalized spacial score (nSPS) is 14.9. The van der Waals surface area contributed by atoms with E-state index in [0.717, 1.165) is 12.3 Å². The molecule has 1 heterocycles. The number of nitro groups is 1. The number of hydrogen-bond acceptors (Lipinski definition) is 6. The van der Waals surface area contributed by atoms with Crippen molar-refractivity contribution in [3.05, 3.63) is 16.4 Å². The molecule has 1 aromatic heterocycles. The minimum Gasteiger partial charge on any atom is -0.367 e. The van der Waals surface area contributed by atoms with E-state index in [0.29, 0.717) is 12.4 Å². The minimum atomic E-state index is -0.461. The van der Waals surface area contributed by atoms with Crippen molar-refractivity contribution in [2.75, 3.05) is 24.2 Å². The standard InChI is InChI=1S/C11H17N5O2/c1-12-10-9(16(17)18)11(15-7-14-10)13-6-5-8-3-2-4-8/h7-8H,2-6H2,1H3,(H2,12,13,14,15). The van der Waals surface area contributed by atoms with Gasteiger partial charge in [0.05, 0.1) is 4.92 Å². The smallest absolute Gasteiger partial charge is 0.353 e. The van der Waals surface area contributed by atoms with E-state index in [1.807, 2.05) is 0 Å². The Morgan fingerprint density at radius 3 is 2.72 bits per heavy atom. The van der Waals surface area contributed by atoms with E-state index >= 15 is 0 Å². The lowest BCUT2D eigenvalue weighted by molar-refractivity contribution is -0.383. The molecule has 1 aromatic rings. The van der Waals surface area contributed by atoms with E-state index in [1.54, 1.807) is 7.05 Å². The Morgan fingerprint density at radius 2 is 2.17 bits per heavy atom. The van der Waals surface area contributed by atoms with Crippen molar-refractivity contribution in [2.45, 2.75) is 25.7 Å². The summed E-state index contributed by atoms with van der Waals surface area (Å²) in [6.45, 7) is 0.714. The highest BCUT2D eigenvalue weighted by Gasteiger charge is 2.22. The van der Waals surface area contributed by atoms with E-state index in [-0.39, 0.29) is 11.5 Å². The number of hydrogen-bond donors (Lipinski definition) is 2. The van der Waals surface area contributed by atoms with Gasteiger partial charge in [-0.05, 0) is 12.3 Å². The van der Waals surface area contributed by atoms with Crippen molar-refractivity contribution in [3.63, 3.8) is 0 Å². The molecular weight excluding hydrogens is 234 g/mol. The van der Waals surface area contributed by atoms with Crippen LogP contribution in [0.4, 0.5) is 17.3 Å². The van der Waals surface area contributed by atoms with Gasteiger partial charge in [0.15, 0.2) is 0 Å². The van der Waals surface area contributed by atoms with Crippen LogP contribution >= 0.6 is 0 Å². The van der Waals surface area contributed by atoms with Crippen LogP contribution in [0.2, 0.25) is 0 Å². The lowest BCUT2D eigenvalue weighted by Crippen LogP contribution is -2.16. The average Bonchev–Trinajstić information content (AvgIpc) is 2.31. The molecule has 0 bridgehead atoms. The second-order valence-electron chi connectivity index (χ2n) is 4.44. The Labute approximate surface area is 105 Å². The Kier molecular flexibility index (Phi) is 3.91. The number of nitrogens with one attached hydrogen (secondary N) is 2. The van der Waals surface area contributed by atoms with Crippen LogP contribution in [-0.4, -0.2) is 28.5 Å². The summed E-state index contributed by atoms with van der Waals surface area (Å²) in [5.74, 6) is 1.29. The average molecular weight is 251 g/mol. The topological polar surface area (TPSA) is 93.0 Å². The van der Waals surface area contributed by atoms with Crippen LogP contribution < -0.4 is 10.6 Å². The van der Waals surface area contributed by atoms with Gasteiger partial charge in [-0.15, -0.1) is 0 Å². The Morgan fingerprint density at radius 1 is 1.44 bits per heavy atom. The third kappa shape index (κ3) is 2.66. The molecule has 0 atom stereocenters. The van der Waals surface area contributed by atoms with E-state index in [9.17, 15) is 10.1 Å². The second kappa shape index (κ2) is 5.61. The van der Waals surface area contributed by atoms with Crippen molar-refractivity contribution < 1.29 is 4.92 Å². The molecule has 1 fully saturated rings. The summed E-state index contributed by atoms with van der Waals surface area (Å²) in [5, 5.41) is 16.8. The highest BCUT2D eigenvalue weighted by molar-refractivity contribution is 5.68. The quantitative estimate of drug-likeness (QED) is 0.593. The zero-order valence-corrected chi connectivity index (χ0v) is 10.3. The lowest BCUT2D eigenvalue weighted by atomic mass is 9.83. The van der Waals surface area contributed by atoms with Gasteiger partial charge in [-0.25, -0.2) is 9.97 Å². The van der Waals surface area contributed by atoms with Crippen molar-refractivity contribution in [2.24, 2.45) is 5.92 Å². The maximum absolute atomic E-state index is 11.0. The first-order valence-electron chi connectivity index (χ1n) is 6.13. The maximum Gasteiger partial charge on any atom is 0.353 e. The van der Waals surface area contributed by atoms with Crippen molar-refractivity contribution >= 4 is 17.3 Å². The van der Waals surface area contributed by atoms with Gasteiger partial charge in [0.25, 0.3) is 0 Å². The fraction of sp³-hybridized carbons (Fsp3) is 0.636. The summed E-state index contributed by atoms with van der Waals surface area (Å²) in [6, 6.07) is 0. The van der Waals surface area contributed by atoms with Crippen LogP contribution in [0, 0.1) is 16.0 Å². The molecule has 2 N–H and O–H groups in total. The summed E-state index contributed by atoms with van der Waals surface area (Å²) in [7, 11) is 1.60.